The van der Waals surface area contributed by atoms with Crippen molar-refractivity contribution in [3.8, 4) is 0 Å². The molecule has 0 spiro atoms. The Labute approximate surface area is 119 Å². The Morgan fingerprint density at radius 1 is 1.25 bits per heavy atom. The Morgan fingerprint density at radius 3 is 2.15 bits per heavy atom. The lowest BCUT2D eigenvalue weighted by Gasteiger charge is -2.27. The van der Waals surface area contributed by atoms with E-state index in [-0.39, 0.29) is 5.84 Å². The van der Waals surface area contributed by atoms with E-state index in [2.05, 4.69) is 5.16 Å². The van der Waals surface area contributed by atoms with Gasteiger partial charge in [-0.3, -0.25) is 4.31 Å². The number of hydrogen-bond acceptors (Lipinski definition) is 4. The summed E-state index contributed by atoms with van der Waals surface area (Å²) in [5.41, 5.74) is 6.48. The standard InChI is InChI=1S/C12H20N4O3S/c1-4-16(5-2)20(18,19)15(3)11-8-6-10(7-9-11)12(13)14-17/h6-9,17H,4-5H2,1-3H3,(H2,13,14). The van der Waals surface area contributed by atoms with E-state index in [1.54, 1.807) is 38.1 Å². The first-order valence-electron chi connectivity index (χ1n) is 6.20. The zero-order valence-corrected chi connectivity index (χ0v) is 12.6. The lowest BCUT2D eigenvalue weighted by molar-refractivity contribution is 0.318. The second-order valence-electron chi connectivity index (χ2n) is 4.09. The zero-order valence-electron chi connectivity index (χ0n) is 11.8. The number of oxime groups is 1. The summed E-state index contributed by atoms with van der Waals surface area (Å²) < 4.78 is 27.2. The van der Waals surface area contributed by atoms with Crippen LogP contribution in [0.4, 0.5) is 5.69 Å². The zero-order chi connectivity index (χ0) is 15.3. The Kier molecular flexibility index (Phi) is 5.34. The third-order valence-corrected chi connectivity index (χ3v) is 5.08. The Balaban J connectivity index is 3.07. The van der Waals surface area contributed by atoms with Crippen LogP contribution in [0.15, 0.2) is 29.4 Å². The number of nitrogens with two attached hydrogens (primary N) is 1. The van der Waals surface area contributed by atoms with Crippen molar-refractivity contribution >= 4 is 21.7 Å². The Hall–Kier alpha value is -1.80. The van der Waals surface area contributed by atoms with Crippen LogP contribution in [-0.2, 0) is 10.2 Å². The highest BCUT2D eigenvalue weighted by Crippen LogP contribution is 2.19. The van der Waals surface area contributed by atoms with Crippen LogP contribution < -0.4 is 10.0 Å². The maximum absolute atomic E-state index is 12.3. The van der Waals surface area contributed by atoms with E-state index in [0.717, 1.165) is 0 Å². The number of hydrogen-bond donors (Lipinski definition) is 2. The van der Waals surface area contributed by atoms with Crippen molar-refractivity contribution in [3.05, 3.63) is 29.8 Å². The molecule has 112 valence electrons. The van der Waals surface area contributed by atoms with Gasteiger partial charge in [-0.15, -0.1) is 0 Å². The van der Waals surface area contributed by atoms with E-state index in [1.165, 1.54) is 15.7 Å². The summed E-state index contributed by atoms with van der Waals surface area (Å²) in [6.07, 6.45) is 0. The monoisotopic (exact) mass is 300 g/mol. The summed E-state index contributed by atoms with van der Waals surface area (Å²) in [6, 6.07) is 6.40. The molecule has 0 aliphatic rings. The largest absolute Gasteiger partial charge is 0.409 e. The van der Waals surface area contributed by atoms with Crippen LogP contribution in [0.25, 0.3) is 0 Å². The normalized spacial score (nSPS) is 12.7. The van der Waals surface area contributed by atoms with Gasteiger partial charge < -0.3 is 10.9 Å². The average molecular weight is 300 g/mol. The number of amidine groups is 1. The van der Waals surface area contributed by atoms with Gasteiger partial charge >= 0.3 is 10.2 Å². The lowest BCUT2D eigenvalue weighted by Crippen LogP contribution is -2.41. The molecule has 0 aliphatic carbocycles. The van der Waals surface area contributed by atoms with Gasteiger partial charge in [0.25, 0.3) is 0 Å². The summed E-state index contributed by atoms with van der Waals surface area (Å²) >= 11 is 0. The molecule has 0 saturated carbocycles. The first-order chi connectivity index (χ1) is 9.38. The van der Waals surface area contributed by atoms with E-state index in [0.29, 0.717) is 24.3 Å². The Bertz CT molecular complexity index is 565. The summed E-state index contributed by atoms with van der Waals surface area (Å²) in [5, 5.41) is 11.5. The van der Waals surface area contributed by atoms with Crippen LogP contribution in [0.2, 0.25) is 0 Å². The third-order valence-electron chi connectivity index (χ3n) is 3.01. The molecule has 1 rings (SSSR count). The second-order valence-corrected chi connectivity index (χ2v) is 6.05. The molecule has 0 unspecified atom stereocenters. The molecule has 0 bridgehead atoms. The highest BCUT2D eigenvalue weighted by Gasteiger charge is 2.24. The third kappa shape index (κ3) is 3.20. The maximum Gasteiger partial charge on any atom is 0.303 e. The van der Waals surface area contributed by atoms with Crippen LogP contribution in [-0.4, -0.2) is 43.9 Å². The van der Waals surface area contributed by atoms with Gasteiger partial charge in [0, 0.05) is 25.7 Å². The van der Waals surface area contributed by atoms with Crippen molar-refractivity contribution in [1.82, 2.24) is 4.31 Å². The summed E-state index contributed by atoms with van der Waals surface area (Å²) in [6.45, 7) is 4.39. The molecule has 1 aromatic carbocycles. The van der Waals surface area contributed by atoms with Crippen molar-refractivity contribution < 1.29 is 13.6 Å². The Morgan fingerprint density at radius 2 is 1.75 bits per heavy atom. The van der Waals surface area contributed by atoms with Crippen molar-refractivity contribution in [2.24, 2.45) is 10.9 Å². The maximum atomic E-state index is 12.3. The van der Waals surface area contributed by atoms with Crippen LogP contribution in [0.5, 0.6) is 0 Å². The van der Waals surface area contributed by atoms with Gasteiger partial charge in [0.15, 0.2) is 5.84 Å². The van der Waals surface area contributed by atoms with Crippen molar-refractivity contribution in [2.75, 3.05) is 24.4 Å². The van der Waals surface area contributed by atoms with Gasteiger partial charge in [-0.2, -0.15) is 12.7 Å². The summed E-state index contributed by atoms with van der Waals surface area (Å²) in [5.74, 6) is -0.0224. The van der Waals surface area contributed by atoms with E-state index in [4.69, 9.17) is 10.9 Å². The van der Waals surface area contributed by atoms with Gasteiger partial charge in [0.2, 0.25) is 0 Å². The molecule has 0 aliphatic heterocycles. The minimum absolute atomic E-state index is 0.0224. The topological polar surface area (TPSA) is 99.2 Å². The molecule has 0 aromatic heterocycles. The minimum Gasteiger partial charge on any atom is -0.409 e. The first kappa shape index (κ1) is 16.3. The molecular weight excluding hydrogens is 280 g/mol. The van der Waals surface area contributed by atoms with Gasteiger partial charge in [0.1, 0.15) is 0 Å². The quantitative estimate of drug-likeness (QED) is 0.351. The molecule has 0 amide bonds. The van der Waals surface area contributed by atoms with Crippen LogP contribution in [0.3, 0.4) is 0 Å². The molecule has 0 atom stereocenters. The number of nitrogens with zero attached hydrogens (tertiary/aromatic N) is 3. The van der Waals surface area contributed by atoms with E-state index >= 15 is 0 Å². The van der Waals surface area contributed by atoms with E-state index < -0.39 is 10.2 Å². The SMILES string of the molecule is CCN(CC)S(=O)(=O)N(C)c1ccc(C(N)=NO)cc1. The average Bonchev–Trinajstić information content (AvgIpc) is 2.46. The van der Waals surface area contributed by atoms with Gasteiger partial charge in [-0.25, -0.2) is 0 Å². The molecule has 0 heterocycles. The van der Waals surface area contributed by atoms with Crippen LogP contribution >= 0.6 is 0 Å². The number of rotatable bonds is 6. The summed E-state index contributed by atoms with van der Waals surface area (Å²) in [4.78, 5) is 0. The predicted octanol–water partition coefficient (Wildman–Crippen LogP) is 0.804. The highest BCUT2D eigenvalue weighted by molar-refractivity contribution is 7.90. The second kappa shape index (κ2) is 6.58. The predicted molar refractivity (Wildman–Crippen MR) is 79.2 cm³/mol. The van der Waals surface area contributed by atoms with Crippen molar-refractivity contribution in [1.29, 1.82) is 0 Å². The molecule has 20 heavy (non-hydrogen) atoms. The lowest BCUT2D eigenvalue weighted by atomic mass is 10.2. The molecule has 7 nitrogen and oxygen atoms in total. The smallest absolute Gasteiger partial charge is 0.303 e. The van der Waals surface area contributed by atoms with E-state index in [9.17, 15) is 8.42 Å². The first-order valence-corrected chi connectivity index (χ1v) is 7.60. The minimum atomic E-state index is -3.54. The van der Waals surface area contributed by atoms with Crippen molar-refractivity contribution in [3.63, 3.8) is 0 Å². The van der Waals surface area contributed by atoms with Crippen molar-refractivity contribution in [2.45, 2.75) is 13.8 Å². The fraction of sp³-hybridized carbons (Fsp3) is 0.417. The van der Waals surface area contributed by atoms with E-state index in [1.807, 2.05) is 0 Å². The molecule has 3 N–H and O–H groups in total. The molecule has 8 heteroatoms. The van der Waals surface area contributed by atoms with Gasteiger partial charge in [-0.05, 0) is 24.3 Å². The molecule has 0 saturated heterocycles. The summed E-state index contributed by atoms with van der Waals surface area (Å²) in [7, 11) is -2.04. The van der Waals surface area contributed by atoms with Gasteiger partial charge in [0.05, 0.1) is 5.69 Å². The van der Waals surface area contributed by atoms with Gasteiger partial charge in [-0.1, -0.05) is 19.0 Å². The van der Waals surface area contributed by atoms with Crippen LogP contribution in [0, 0.1) is 0 Å². The molecular formula is C12H20N4O3S. The number of anilines is 1. The fourth-order valence-corrected chi connectivity index (χ4v) is 3.14. The highest BCUT2D eigenvalue weighted by atomic mass is 32.2. The molecule has 0 fully saturated rings. The molecule has 0 radical (unpaired) electrons. The fourth-order valence-electron chi connectivity index (χ4n) is 1.76. The molecule has 1 aromatic rings. The van der Waals surface area contributed by atoms with Crippen LogP contribution in [0.1, 0.15) is 19.4 Å². The number of benzene rings is 1.